The molecule has 4 aromatic rings. The molecule has 0 aliphatic heterocycles. The molecule has 0 bridgehead atoms. The standard InChI is InChI=1S/C24H23BrN4O3S/c1-4-32-21-12-11-17(25)14-22(21)33(30,31)29-24-23(26-18-7-5-6-8-19(18)27-24)28-20-13-15(2)9-10-16(20)3/h5-14H,4H2,1-3H3,(H,26,28)(H,27,29). The molecular weight excluding hydrogens is 504 g/mol. The number of nitrogens with one attached hydrogen (secondary N) is 2. The Morgan fingerprint density at radius 1 is 0.939 bits per heavy atom. The zero-order valence-corrected chi connectivity index (χ0v) is 20.8. The Bertz CT molecular complexity index is 1440. The molecule has 2 N–H and O–H groups in total. The van der Waals surface area contributed by atoms with Gasteiger partial charge in [0.2, 0.25) is 0 Å². The molecule has 4 rings (SSSR count). The van der Waals surface area contributed by atoms with Crippen LogP contribution in [0.1, 0.15) is 18.1 Å². The number of hydrogen-bond donors (Lipinski definition) is 2. The highest BCUT2D eigenvalue weighted by Gasteiger charge is 2.23. The first kappa shape index (κ1) is 23.0. The largest absolute Gasteiger partial charge is 0.492 e. The van der Waals surface area contributed by atoms with E-state index in [0.717, 1.165) is 16.8 Å². The lowest BCUT2D eigenvalue weighted by atomic mass is 10.1. The number of hydrogen-bond acceptors (Lipinski definition) is 6. The fraction of sp³-hybridized carbons (Fsp3) is 0.167. The number of anilines is 3. The summed E-state index contributed by atoms with van der Waals surface area (Å²) < 4.78 is 35.6. The predicted molar refractivity (Wildman–Crippen MR) is 135 cm³/mol. The maximum Gasteiger partial charge on any atom is 0.266 e. The highest BCUT2D eigenvalue weighted by molar-refractivity contribution is 9.10. The van der Waals surface area contributed by atoms with Crippen molar-refractivity contribution in [3.05, 3.63) is 76.3 Å². The van der Waals surface area contributed by atoms with Crippen molar-refractivity contribution in [2.24, 2.45) is 0 Å². The van der Waals surface area contributed by atoms with Crippen LogP contribution in [-0.2, 0) is 10.0 Å². The highest BCUT2D eigenvalue weighted by atomic mass is 79.9. The lowest BCUT2D eigenvalue weighted by Gasteiger charge is -2.16. The summed E-state index contributed by atoms with van der Waals surface area (Å²) in [6.07, 6.45) is 0. The maximum absolute atomic E-state index is 13.4. The Hall–Kier alpha value is -3.17. The SMILES string of the molecule is CCOc1ccc(Br)cc1S(=O)(=O)Nc1nc2ccccc2nc1Nc1cc(C)ccc1C. The van der Waals surface area contributed by atoms with Gasteiger partial charge in [-0.3, -0.25) is 4.72 Å². The van der Waals surface area contributed by atoms with Gasteiger partial charge in [-0.1, -0.05) is 40.2 Å². The molecule has 0 radical (unpaired) electrons. The quantitative estimate of drug-likeness (QED) is 0.309. The summed E-state index contributed by atoms with van der Waals surface area (Å²) in [5.41, 5.74) is 4.09. The summed E-state index contributed by atoms with van der Waals surface area (Å²) in [6.45, 7) is 6.09. The van der Waals surface area contributed by atoms with E-state index >= 15 is 0 Å². The van der Waals surface area contributed by atoms with Crippen LogP contribution in [0.25, 0.3) is 11.0 Å². The molecule has 33 heavy (non-hydrogen) atoms. The van der Waals surface area contributed by atoms with Crippen LogP contribution in [-0.4, -0.2) is 25.0 Å². The highest BCUT2D eigenvalue weighted by Crippen LogP contribution is 2.32. The molecule has 0 spiro atoms. The van der Waals surface area contributed by atoms with Crippen LogP contribution in [0.2, 0.25) is 0 Å². The topological polar surface area (TPSA) is 93.2 Å². The molecule has 0 aliphatic carbocycles. The molecule has 0 saturated carbocycles. The van der Waals surface area contributed by atoms with Crippen molar-refractivity contribution in [2.75, 3.05) is 16.6 Å². The third-order valence-electron chi connectivity index (χ3n) is 4.94. The predicted octanol–water partition coefficient (Wildman–Crippen LogP) is 5.95. The van der Waals surface area contributed by atoms with Gasteiger partial charge in [-0.15, -0.1) is 0 Å². The van der Waals surface area contributed by atoms with Crippen molar-refractivity contribution in [1.82, 2.24) is 9.97 Å². The Morgan fingerprint density at radius 3 is 2.33 bits per heavy atom. The van der Waals surface area contributed by atoms with Gasteiger partial charge < -0.3 is 10.1 Å². The molecule has 3 aromatic carbocycles. The Kier molecular flexibility index (Phi) is 6.53. The van der Waals surface area contributed by atoms with Crippen molar-refractivity contribution in [3.63, 3.8) is 0 Å². The van der Waals surface area contributed by atoms with E-state index in [1.54, 1.807) is 25.1 Å². The minimum absolute atomic E-state index is 0.00590. The van der Waals surface area contributed by atoms with Crippen LogP contribution in [0.3, 0.4) is 0 Å². The smallest absolute Gasteiger partial charge is 0.266 e. The molecule has 9 heteroatoms. The number of rotatable bonds is 7. The minimum atomic E-state index is -4.04. The van der Waals surface area contributed by atoms with Crippen molar-refractivity contribution in [3.8, 4) is 5.75 Å². The number of sulfonamides is 1. The van der Waals surface area contributed by atoms with Crippen LogP contribution >= 0.6 is 15.9 Å². The van der Waals surface area contributed by atoms with Crippen molar-refractivity contribution < 1.29 is 13.2 Å². The van der Waals surface area contributed by atoms with Crippen molar-refractivity contribution in [2.45, 2.75) is 25.7 Å². The molecule has 0 fully saturated rings. The molecule has 170 valence electrons. The molecule has 0 saturated heterocycles. The third kappa shape index (κ3) is 5.09. The molecule has 1 heterocycles. The third-order valence-corrected chi connectivity index (χ3v) is 6.80. The summed E-state index contributed by atoms with van der Waals surface area (Å²) in [4.78, 5) is 9.22. The monoisotopic (exact) mass is 526 g/mol. The number of para-hydroxylation sites is 2. The Morgan fingerprint density at radius 2 is 1.64 bits per heavy atom. The van der Waals surface area contributed by atoms with Crippen LogP contribution in [0.15, 0.2) is 70.0 Å². The molecule has 0 atom stereocenters. The summed E-state index contributed by atoms with van der Waals surface area (Å²) in [5, 5.41) is 3.26. The number of fused-ring (bicyclic) bond motifs is 1. The number of benzene rings is 3. The van der Waals surface area contributed by atoms with E-state index in [4.69, 9.17) is 4.74 Å². The first-order valence-electron chi connectivity index (χ1n) is 10.3. The lowest BCUT2D eigenvalue weighted by molar-refractivity contribution is 0.331. The van der Waals surface area contributed by atoms with E-state index in [-0.39, 0.29) is 16.5 Å². The summed E-state index contributed by atoms with van der Waals surface area (Å²) >= 11 is 3.34. The van der Waals surface area contributed by atoms with E-state index < -0.39 is 10.0 Å². The number of nitrogens with zero attached hydrogens (tertiary/aromatic N) is 2. The second kappa shape index (κ2) is 9.36. The fourth-order valence-electron chi connectivity index (χ4n) is 3.31. The van der Waals surface area contributed by atoms with E-state index in [2.05, 4.69) is 35.9 Å². The molecule has 0 amide bonds. The summed E-state index contributed by atoms with van der Waals surface area (Å²) in [5.74, 6) is 0.655. The van der Waals surface area contributed by atoms with Crippen LogP contribution in [0, 0.1) is 13.8 Å². The number of halogens is 1. The normalized spacial score (nSPS) is 11.4. The average molecular weight is 527 g/mol. The van der Waals surface area contributed by atoms with Crippen molar-refractivity contribution in [1.29, 1.82) is 0 Å². The van der Waals surface area contributed by atoms with Gasteiger partial charge in [-0.25, -0.2) is 18.4 Å². The molecular formula is C24H23BrN4O3S. The molecule has 0 aliphatic rings. The van der Waals surface area contributed by atoms with Gasteiger partial charge in [0.25, 0.3) is 10.0 Å². The summed E-state index contributed by atoms with van der Waals surface area (Å²) in [7, 11) is -4.04. The minimum Gasteiger partial charge on any atom is -0.492 e. The zero-order chi connectivity index (χ0) is 23.6. The molecule has 1 aromatic heterocycles. The second-order valence-corrected chi connectivity index (χ2v) is 10.0. The zero-order valence-electron chi connectivity index (χ0n) is 18.4. The van der Waals surface area contributed by atoms with Crippen LogP contribution in [0.5, 0.6) is 5.75 Å². The average Bonchev–Trinajstić information content (AvgIpc) is 2.77. The van der Waals surface area contributed by atoms with Gasteiger partial charge in [-0.2, -0.15) is 0 Å². The number of aromatic nitrogens is 2. The van der Waals surface area contributed by atoms with Gasteiger partial charge >= 0.3 is 0 Å². The van der Waals surface area contributed by atoms with Gasteiger partial charge in [0.05, 0.1) is 17.6 Å². The van der Waals surface area contributed by atoms with Crippen LogP contribution in [0.4, 0.5) is 17.3 Å². The number of aryl methyl sites for hydroxylation is 2. The van der Waals surface area contributed by atoms with E-state index in [1.165, 1.54) is 6.07 Å². The van der Waals surface area contributed by atoms with E-state index in [1.807, 2.05) is 50.2 Å². The van der Waals surface area contributed by atoms with Crippen molar-refractivity contribution >= 4 is 54.3 Å². The lowest BCUT2D eigenvalue weighted by Crippen LogP contribution is -2.17. The fourth-order valence-corrected chi connectivity index (χ4v) is 5.00. The van der Waals surface area contributed by atoms with E-state index in [0.29, 0.717) is 27.9 Å². The summed E-state index contributed by atoms with van der Waals surface area (Å²) in [6, 6.07) is 18.1. The Labute approximate surface area is 201 Å². The number of ether oxygens (including phenoxy) is 1. The second-order valence-electron chi connectivity index (χ2n) is 7.48. The van der Waals surface area contributed by atoms with Gasteiger partial charge in [0.1, 0.15) is 10.6 Å². The maximum atomic E-state index is 13.4. The van der Waals surface area contributed by atoms with Gasteiger partial charge in [0.15, 0.2) is 11.6 Å². The molecule has 0 unspecified atom stereocenters. The molecule has 7 nitrogen and oxygen atoms in total. The van der Waals surface area contributed by atoms with E-state index in [9.17, 15) is 8.42 Å². The van der Waals surface area contributed by atoms with Gasteiger partial charge in [-0.05, 0) is 68.3 Å². The first-order valence-corrected chi connectivity index (χ1v) is 12.6. The first-order chi connectivity index (χ1) is 15.8. The van der Waals surface area contributed by atoms with Crippen LogP contribution < -0.4 is 14.8 Å². The Balaban J connectivity index is 1.82. The van der Waals surface area contributed by atoms with Gasteiger partial charge in [0, 0.05) is 10.2 Å².